The van der Waals surface area contributed by atoms with Crippen LogP contribution in [0.2, 0.25) is 0 Å². The number of nitrogens with zero attached hydrogens (tertiary/aromatic N) is 2. The lowest BCUT2D eigenvalue weighted by Gasteiger charge is -2.41. The molecule has 34 heavy (non-hydrogen) atoms. The number of ether oxygens (including phenoxy) is 2. The summed E-state index contributed by atoms with van der Waals surface area (Å²) in [6, 6.07) is 7.23. The van der Waals surface area contributed by atoms with Gasteiger partial charge in [0.15, 0.2) is 0 Å². The highest BCUT2D eigenvalue weighted by Crippen LogP contribution is 2.34. The number of hydrogen-bond donors (Lipinski definition) is 2. The minimum Gasteiger partial charge on any atom is -0.494 e. The molecule has 3 aliphatic heterocycles. The van der Waals surface area contributed by atoms with Gasteiger partial charge >= 0.3 is 12.0 Å². The first kappa shape index (κ1) is 24.5. The zero-order chi connectivity index (χ0) is 23.9. The van der Waals surface area contributed by atoms with E-state index in [1.165, 1.54) is 32.4 Å². The Kier molecular flexibility index (Phi) is 8.45. The second-order valence-corrected chi connectivity index (χ2v) is 9.22. The number of carbonyl (C=O) groups excluding carboxylic acids is 2. The smallest absolute Gasteiger partial charge is 0.338 e. The van der Waals surface area contributed by atoms with E-state index in [9.17, 15) is 9.59 Å². The second-order valence-electron chi connectivity index (χ2n) is 9.22. The molecule has 0 radical (unpaired) electrons. The maximum atomic E-state index is 13.1. The highest BCUT2D eigenvalue weighted by molar-refractivity contribution is 5.95. The molecule has 1 atom stereocenters. The standard InChI is InChI=1S/C26H38N4O4/c1-3-33-22-11-7-6-10-20(22)24-23(25(31)34-4-2)21(27-26(32)28-24)18-29-16-12-19(13-17-29)30-14-8-5-9-15-30/h6-7,10-11,19,24H,3-5,8-9,12-18H2,1-2H3,(H2,27,28,32)/t24-/m0/s1. The number of carbonyl (C=O) groups is 2. The van der Waals surface area contributed by atoms with Crippen LogP contribution >= 0.6 is 0 Å². The molecule has 8 heteroatoms. The summed E-state index contributed by atoms with van der Waals surface area (Å²) in [5.41, 5.74) is 1.82. The lowest BCUT2D eigenvalue weighted by molar-refractivity contribution is -0.139. The van der Waals surface area contributed by atoms with E-state index in [1.807, 2.05) is 31.2 Å². The summed E-state index contributed by atoms with van der Waals surface area (Å²) in [5, 5.41) is 5.84. The van der Waals surface area contributed by atoms with E-state index in [4.69, 9.17) is 9.47 Å². The van der Waals surface area contributed by atoms with Crippen LogP contribution < -0.4 is 15.4 Å². The van der Waals surface area contributed by atoms with Crippen molar-refractivity contribution in [2.24, 2.45) is 0 Å². The topological polar surface area (TPSA) is 83.1 Å². The molecule has 1 aromatic rings. The van der Waals surface area contributed by atoms with E-state index < -0.39 is 12.0 Å². The van der Waals surface area contributed by atoms with Crippen molar-refractivity contribution < 1.29 is 19.1 Å². The summed E-state index contributed by atoms with van der Waals surface area (Å²) in [5.74, 6) is 0.241. The fourth-order valence-corrected chi connectivity index (χ4v) is 5.38. The van der Waals surface area contributed by atoms with Crippen molar-refractivity contribution in [1.29, 1.82) is 0 Å². The van der Waals surface area contributed by atoms with Gasteiger partial charge in [-0.2, -0.15) is 0 Å². The molecule has 2 fully saturated rings. The van der Waals surface area contributed by atoms with Gasteiger partial charge in [0.2, 0.25) is 0 Å². The number of para-hydroxylation sites is 1. The molecule has 3 heterocycles. The highest BCUT2D eigenvalue weighted by atomic mass is 16.5. The Labute approximate surface area is 202 Å². The van der Waals surface area contributed by atoms with Crippen molar-refractivity contribution in [3.8, 4) is 5.75 Å². The number of benzene rings is 1. The first-order valence-electron chi connectivity index (χ1n) is 12.8. The summed E-state index contributed by atoms with van der Waals surface area (Å²) in [6.07, 6.45) is 6.19. The van der Waals surface area contributed by atoms with Gasteiger partial charge in [-0.1, -0.05) is 24.6 Å². The number of esters is 1. The van der Waals surface area contributed by atoms with Crippen molar-refractivity contribution in [1.82, 2.24) is 20.4 Å². The molecular weight excluding hydrogens is 432 g/mol. The van der Waals surface area contributed by atoms with E-state index >= 15 is 0 Å². The molecule has 2 saturated heterocycles. The van der Waals surface area contributed by atoms with E-state index in [0.29, 0.717) is 36.2 Å². The Hall–Kier alpha value is -2.58. The van der Waals surface area contributed by atoms with Crippen LogP contribution in [-0.2, 0) is 9.53 Å². The minimum atomic E-state index is -0.628. The van der Waals surface area contributed by atoms with Crippen LogP contribution in [-0.4, -0.2) is 73.8 Å². The lowest BCUT2D eigenvalue weighted by atomic mass is 9.93. The monoisotopic (exact) mass is 470 g/mol. The van der Waals surface area contributed by atoms with Crippen LogP contribution in [0, 0.1) is 0 Å². The average molecular weight is 471 g/mol. The van der Waals surface area contributed by atoms with Gasteiger partial charge in [0.05, 0.1) is 24.8 Å². The first-order chi connectivity index (χ1) is 16.6. The number of piperidine rings is 2. The van der Waals surface area contributed by atoms with Gasteiger partial charge in [-0.15, -0.1) is 0 Å². The zero-order valence-electron chi connectivity index (χ0n) is 20.5. The van der Waals surface area contributed by atoms with Crippen molar-refractivity contribution in [2.75, 3.05) is 45.9 Å². The van der Waals surface area contributed by atoms with Crippen LogP contribution in [0.15, 0.2) is 35.5 Å². The number of amides is 2. The summed E-state index contributed by atoms with van der Waals surface area (Å²) in [7, 11) is 0. The summed E-state index contributed by atoms with van der Waals surface area (Å²) in [4.78, 5) is 30.8. The van der Waals surface area contributed by atoms with Crippen LogP contribution in [0.5, 0.6) is 5.75 Å². The molecule has 0 saturated carbocycles. The van der Waals surface area contributed by atoms with E-state index in [1.54, 1.807) is 6.92 Å². The molecule has 0 unspecified atom stereocenters. The van der Waals surface area contributed by atoms with Crippen molar-refractivity contribution in [3.63, 3.8) is 0 Å². The first-order valence-corrected chi connectivity index (χ1v) is 12.8. The highest BCUT2D eigenvalue weighted by Gasteiger charge is 2.36. The number of rotatable bonds is 8. The number of urea groups is 1. The van der Waals surface area contributed by atoms with Crippen LogP contribution in [0.25, 0.3) is 0 Å². The molecule has 3 aliphatic rings. The van der Waals surface area contributed by atoms with Crippen LogP contribution in [0.3, 0.4) is 0 Å². The van der Waals surface area contributed by atoms with E-state index in [2.05, 4.69) is 20.4 Å². The normalized spacial score (nSPS) is 22.8. The Bertz CT molecular complexity index is 889. The fraction of sp³-hybridized carbons (Fsp3) is 0.615. The molecule has 4 rings (SSSR count). The summed E-state index contributed by atoms with van der Waals surface area (Å²) in [6.45, 7) is 9.31. The van der Waals surface area contributed by atoms with Crippen molar-refractivity contribution >= 4 is 12.0 Å². The van der Waals surface area contributed by atoms with E-state index in [0.717, 1.165) is 31.5 Å². The molecule has 0 aliphatic carbocycles. The summed E-state index contributed by atoms with van der Waals surface area (Å²) < 4.78 is 11.2. The Morgan fingerprint density at radius 3 is 2.47 bits per heavy atom. The lowest BCUT2D eigenvalue weighted by Crippen LogP contribution is -2.51. The average Bonchev–Trinajstić information content (AvgIpc) is 2.85. The van der Waals surface area contributed by atoms with Gasteiger partial charge in [-0.05, 0) is 58.7 Å². The third-order valence-electron chi connectivity index (χ3n) is 7.02. The van der Waals surface area contributed by atoms with Crippen molar-refractivity contribution in [2.45, 2.75) is 58.0 Å². The van der Waals surface area contributed by atoms with E-state index in [-0.39, 0.29) is 12.6 Å². The molecule has 0 aromatic heterocycles. The molecule has 1 aromatic carbocycles. The van der Waals surface area contributed by atoms with Gasteiger partial charge in [-0.25, -0.2) is 9.59 Å². The molecule has 0 spiro atoms. The maximum Gasteiger partial charge on any atom is 0.338 e. The maximum absolute atomic E-state index is 13.1. The zero-order valence-corrected chi connectivity index (χ0v) is 20.5. The number of likely N-dealkylation sites (tertiary alicyclic amines) is 2. The van der Waals surface area contributed by atoms with Gasteiger partial charge < -0.3 is 25.0 Å². The predicted octanol–water partition coefficient (Wildman–Crippen LogP) is 3.21. The van der Waals surface area contributed by atoms with Crippen molar-refractivity contribution in [3.05, 3.63) is 41.1 Å². The second kappa shape index (κ2) is 11.7. The largest absolute Gasteiger partial charge is 0.494 e. The summed E-state index contributed by atoms with van der Waals surface area (Å²) >= 11 is 0. The number of hydrogen-bond acceptors (Lipinski definition) is 6. The Morgan fingerprint density at radius 1 is 1.03 bits per heavy atom. The molecule has 186 valence electrons. The predicted molar refractivity (Wildman–Crippen MR) is 131 cm³/mol. The number of nitrogens with one attached hydrogen (secondary N) is 2. The SMILES string of the molecule is CCOC(=O)C1=C(CN2CCC(N3CCCCC3)CC2)NC(=O)N[C@H]1c1ccccc1OCC. The van der Waals surface area contributed by atoms with Crippen LogP contribution in [0.1, 0.15) is 57.6 Å². The molecule has 0 bridgehead atoms. The van der Waals surface area contributed by atoms with Gasteiger partial charge in [0.1, 0.15) is 5.75 Å². The third-order valence-corrected chi connectivity index (χ3v) is 7.02. The Morgan fingerprint density at radius 2 is 1.76 bits per heavy atom. The van der Waals surface area contributed by atoms with Gasteiger partial charge in [-0.3, -0.25) is 4.90 Å². The van der Waals surface area contributed by atoms with Gasteiger partial charge in [0, 0.05) is 36.9 Å². The molecule has 2 amide bonds. The molecule has 2 N–H and O–H groups in total. The third kappa shape index (κ3) is 5.73. The van der Waals surface area contributed by atoms with Crippen LogP contribution in [0.4, 0.5) is 4.79 Å². The molecule has 8 nitrogen and oxygen atoms in total. The molecular formula is C26H38N4O4. The fourth-order valence-electron chi connectivity index (χ4n) is 5.38. The minimum absolute atomic E-state index is 0.268. The van der Waals surface area contributed by atoms with Gasteiger partial charge in [0.25, 0.3) is 0 Å². The Balaban J connectivity index is 1.56. The quantitative estimate of drug-likeness (QED) is 0.568.